The van der Waals surface area contributed by atoms with Gasteiger partial charge in [0.2, 0.25) is 0 Å². The van der Waals surface area contributed by atoms with Crippen molar-refractivity contribution in [1.29, 1.82) is 0 Å². The summed E-state index contributed by atoms with van der Waals surface area (Å²) in [6.07, 6.45) is 5.13. The normalized spacial score (nSPS) is 14.4. The first kappa shape index (κ1) is 17.3. The lowest BCUT2D eigenvalue weighted by Gasteiger charge is -2.30. The van der Waals surface area contributed by atoms with E-state index in [1.54, 1.807) is 0 Å². The standard InChI is InChI=1S/C22H27N3/c1-16(2)19-7-9-21(10-8-19)24-18(4)25-14-11-20(12-15-25)22-17(3)6-5-13-23-22/h5-11,13,16,24H,4,12,14-15H2,1-3H3. The van der Waals surface area contributed by atoms with Crippen LogP contribution in [0.1, 0.15) is 43.0 Å². The molecule has 0 radical (unpaired) electrons. The molecule has 0 atom stereocenters. The topological polar surface area (TPSA) is 28.2 Å². The van der Waals surface area contributed by atoms with E-state index in [2.05, 4.69) is 79.0 Å². The van der Waals surface area contributed by atoms with Crippen LogP contribution in [0.2, 0.25) is 0 Å². The summed E-state index contributed by atoms with van der Waals surface area (Å²) in [6, 6.07) is 12.7. The quantitative estimate of drug-likeness (QED) is 0.816. The minimum atomic E-state index is 0.554. The van der Waals surface area contributed by atoms with Crippen molar-refractivity contribution in [3.8, 4) is 0 Å². The van der Waals surface area contributed by atoms with Gasteiger partial charge in [-0.15, -0.1) is 0 Å². The number of hydrogen-bond donors (Lipinski definition) is 1. The molecule has 3 nitrogen and oxygen atoms in total. The molecule has 0 saturated carbocycles. The zero-order valence-electron chi connectivity index (χ0n) is 15.4. The molecule has 0 aliphatic carbocycles. The summed E-state index contributed by atoms with van der Waals surface area (Å²) in [5.74, 6) is 1.50. The lowest BCUT2D eigenvalue weighted by Crippen LogP contribution is -2.30. The number of rotatable bonds is 5. The molecule has 0 spiro atoms. The third kappa shape index (κ3) is 4.11. The monoisotopic (exact) mass is 333 g/mol. The molecule has 0 bridgehead atoms. The fourth-order valence-corrected chi connectivity index (χ4v) is 3.15. The molecule has 0 saturated heterocycles. The van der Waals surface area contributed by atoms with E-state index in [4.69, 9.17) is 0 Å². The predicted molar refractivity (Wildman–Crippen MR) is 106 cm³/mol. The van der Waals surface area contributed by atoms with Crippen LogP contribution in [0, 0.1) is 6.92 Å². The maximum atomic E-state index is 4.54. The van der Waals surface area contributed by atoms with Gasteiger partial charge in [-0.3, -0.25) is 4.98 Å². The zero-order chi connectivity index (χ0) is 17.8. The van der Waals surface area contributed by atoms with Gasteiger partial charge in [0.1, 0.15) is 0 Å². The van der Waals surface area contributed by atoms with Crippen molar-refractivity contribution in [3.63, 3.8) is 0 Å². The largest absolute Gasteiger partial charge is 0.355 e. The minimum absolute atomic E-state index is 0.554. The Morgan fingerprint density at radius 2 is 1.96 bits per heavy atom. The lowest BCUT2D eigenvalue weighted by atomic mass is 10.0. The van der Waals surface area contributed by atoms with Crippen LogP contribution in [0.4, 0.5) is 5.69 Å². The van der Waals surface area contributed by atoms with Crippen molar-refractivity contribution < 1.29 is 0 Å². The van der Waals surface area contributed by atoms with E-state index in [0.717, 1.165) is 36.7 Å². The summed E-state index contributed by atoms with van der Waals surface area (Å²) < 4.78 is 0. The van der Waals surface area contributed by atoms with Crippen LogP contribution in [0.25, 0.3) is 5.57 Å². The highest BCUT2D eigenvalue weighted by Crippen LogP contribution is 2.25. The van der Waals surface area contributed by atoms with Crippen LogP contribution in [0.15, 0.2) is 61.1 Å². The Labute approximate surface area is 151 Å². The summed E-state index contributed by atoms with van der Waals surface area (Å²) in [5, 5.41) is 3.43. The van der Waals surface area contributed by atoms with Gasteiger partial charge in [0.25, 0.3) is 0 Å². The van der Waals surface area contributed by atoms with E-state index in [0.29, 0.717) is 5.92 Å². The molecule has 1 aromatic carbocycles. The number of nitrogens with one attached hydrogen (secondary N) is 1. The number of anilines is 1. The van der Waals surface area contributed by atoms with Crippen LogP contribution >= 0.6 is 0 Å². The van der Waals surface area contributed by atoms with E-state index in [1.165, 1.54) is 16.7 Å². The number of aromatic nitrogens is 1. The van der Waals surface area contributed by atoms with Gasteiger partial charge in [-0.2, -0.15) is 0 Å². The van der Waals surface area contributed by atoms with Crippen LogP contribution in [-0.2, 0) is 0 Å². The van der Waals surface area contributed by atoms with Gasteiger partial charge < -0.3 is 10.2 Å². The molecule has 2 aromatic rings. The van der Waals surface area contributed by atoms with Crippen molar-refractivity contribution in [3.05, 3.63) is 77.9 Å². The number of nitrogens with zero attached hydrogens (tertiary/aromatic N) is 2. The van der Waals surface area contributed by atoms with Crippen LogP contribution < -0.4 is 5.32 Å². The number of pyridine rings is 1. The molecule has 2 heterocycles. The highest BCUT2D eigenvalue weighted by Gasteiger charge is 2.16. The third-order valence-corrected chi connectivity index (χ3v) is 4.77. The Balaban J connectivity index is 1.62. The maximum Gasteiger partial charge on any atom is 0.0986 e. The number of aryl methyl sites for hydroxylation is 1. The molecule has 0 unspecified atom stereocenters. The van der Waals surface area contributed by atoms with Crippen molar-refractivity contribution in [2.45, 2.75) is 33.1 Å². The van der Waals surface area contributed by atoms with Crippen molar-refractivity contribution in [2.24, 2.45) is 0 Å². The third-order valence-electron chi connectivity index (χ3n) is 4.77. The Morgan fingerprint density at radius 1 is 1.20 bits per heavy atom. The minimum Gasteiger partial charge on any atom is -0.355 e. The van der Waals surface area contributed by atoms with Crippen LogP contribution in [0.5, 0.6) is 0 Å². The zero-order valence-corrected chi connectivity index (χ0v) is 15.4. The van der Waals surface area contributed by atoms with E-state index in [-0.39, 0.29) is 0 Å². The fraction of sp³-hybridized carbons (Fsp3) is 0.318. The second kappa shape index (κ2) is 7.56. The van der Waals surface area contributed by atoms with E-state index < -0.39 is 0 Å². The van der Waals surface area contributed by atoms with E-state index in [1.807, 2.05) is 12.3 Å². The highest BCUT2D eigenvalue weighted by molar-refractivity contribution is 5.66. The van der Waals surface area contributed by atoms with Crippen LogP contribution in [0.3, 0.4) is 0 Å². The van der Waals surface area contributed by atoms with Gasteiger partial charge in [-0.25, -0.2) is 0 Å². The molecular formula is C22H27N3. The summed E-state index contributed by atoms with van der Waals surface area (Å²) >= 11 is 0. The van der Waals surface area contributed by atoms with Gasteiger partial charge >= 0.3 is 0 Å². The number of benzene rings is 1. The summed E-state index contributed by atoms with van der Waals surface area (Å²) in [7, 11) is 0. The Kier molecular flexibility index (Phi) is 5.22. The summed E-state index contributed by atoms with van der Waals surface area (Å²) in [4.78, 5) is 6.81. The smallest absolute Gasteiger partial charge is 0.0986 e. The molecule has 1 aromatic heterocycles. The number of hydrogen-bond acceptors (Lipinski definition) is 3. The SMILES string of the molecule is C=C(Nc1ccc(C(C)C)cc1)N1CC=C(c2ncccc2C)CC1. The average molecular weight is 333 g/mol. The molecule has 1 aliphatic rings. The van der Waals surface area contributed by atoms with Gasteiger partial charge in [0, 0.05) is 25.0 Å². The predicted octanol–water partition coefficient (Wildman–Crippen LogP) is 5.19. The fourth-order valence-electron chi connectivity index (χ4n) is 3.15. The van der Waals surface area contributed by atoms with Gasteiger partial charge in [0.15, 0.2) is 0 Å². The molecule has 130 valence electrons. The molecule has 1 aliphatic heterocycles. The molecule has 3 rings (SSSR count). The molecule has 1 N–H and O–H groups in total. The second-order valence-electron chi connectivity index (χ2n) is 6.94. The van der Waals surface area contributed by atoms with E-state index >= 15 is 0 Å². The first-order valence-corrected chi connectivity index (χ1v) is 8.96. The molecule has 3 heteroatoms. The highest BCUT2D eigenvalue weighted by atomic mass is 15.2. The van der Waals surface area contributed by atoms with Crippen LogP contribution in [-0.4, -0.2) is 23.0 Å². The molecular weight excluding hydrogens is 306 g/mol. The van der Waals surface area contributed by atoms with Gasteiger partial charge in [0.05, 0.1) is 11.5 Å². The summed E-state index contributed by atoms with van der Waals surface area (Å²) in [5.41, 5.74) is 6.15. The van der Waals surface area contributed by atoms with Crippen molar-refractivity contribution >= 4 is 11.3 Å². The molecule has 25 heavy (non-hydrogen) atoms. The Bertz CT molecular complexity index is 772. The average Bonchev–Trinajstić information content (AvgIpc) is 2.63. The first-order chi connectivity index (χ1) is 12.0. The Morgan fingerprint density at radius 3 is 2.56 bits per heavy atom. The van der Waals surface area contributed by atoms with Gasteiger partial charge in [-0.05, 0) is 54.2 Å². The van der Waals surface area contributed by atoms with Crippen molar-refractivity contribution in [2.75, 3.05) is 18.4 Å². The van der Waals surface area contributed by atoms with Gasteiger partial charge in [-0.1, -0.05) is 44.7 Å². The second-order valence-corrected chi connectivity index (χ2v) is 6.94. The lowest BCUT2D eigenvalue weighted by molar-refractivity contribution is 0.384. The molecule has 0 fully saturated rings. The first-order valence-electron chi connectivity index (χ1n) is 8.96. The van der Waals surface area contributed by atoms with Crippen molar-refractivity contribution in [1.82, 2.24) is 9.88 Å². The summed E-state index contributed by atoms with van der Waals surface area (Å²) in [6.45, 7) is 12.6. The molecule has 0 amide bonds. The van der Waals surface area contributed by atoms with E-state index in [9.17, 15) is 0 Å². The Hall–Kier alpha value is -2.55. The maximum absolute atomic E-state index is 4.54.